The highest BCUT2D eigenvalue weighted by molar-refractivity contribution is 5.96. The number of hydrogen-bond donors (Lipinski definition) is 3. The molecule has 2 amide bonds. The molecule has 3 N–H and O–H groups in total. The van der Waals surface area contributed by atoms with E-state index in [1.807, 2.05) is 38.1 Å². The van der Waals surface area contributed by atoms with Crippen molar-refractivity contribution in [2.75, 3.05) is 23.7 Å². The first-order valence-electron chi connectivity index (χ1n) is 7.86. The van der Waals surface area contributed by atoms with Gasteiger partial charge in [0.1, 0.15) is 0 Å². The highest BCUT2D eigenvalue weighted by Crippen LogP contribution is 2.18. The second-order valence-electron chi connectivity index (χ2n) is 5.63. The van der Waals surface area contributed by atoms with Crippen molar-refractivity contribution >= 4 is 23.2 Å². The molecule has 0 heterocycles. The van der Waals surface area contributed by atoms with Crippen LogP contribution in [0.3, 0.4) is 0 Å². The minimum absolute atomic E-state index is 0.0442. The maximum atomic E-state index is 12.0. The Labute approximate surface area is 146 Å². The van der Waals surface area contributed by atoms with Crippen LogP contribution in [0.1, 0.15) is 16.7 Å². The molecule has 6 heteroatoms. The number of benzene rings is 2. The molecule has 128 valence electrons. The zero-order chi connectivity index (χ0) is 18.2. The van der Waals surface area contributed by atoms with Gasteiger partial charge in [-0.1, -0.05) is 18.2 Å². The predicted molar refractivity (Wildman–Crippen MR) is 97.2 cm³/mol. The summed E-state index contributed by atoms with van der Waals surface area (Å²) in [6.45, 7) is 3.79. The first kappa shape index (κ1) is 18.0. The topological polar surface area (TPSA) is 94.0 Å². The normalized spacial score (nSPS) is 9.80. The SMILES string of the molecule is Cc1cccc(C)c1NC(=O)CNC(=O)CNc1ccc(C#N)cc1. The zero-order valence-corrected chi connectivity index (χ0v) is 14.2. The van der Waals surface area contributed by atoms with Crippen molar-refractivity contribution in [1.29, 1.82) is 5.26 Å². The van der Waals surface area contributed by atoms with Gasteiger partial charge in [-0.25, -0.2) is 0 Å². The van der Waals surface area contributed by atoms with Crippen molar-refractivity contribution in [2.45, 2.75) is 13.8 Å². The van der Waals surface area contributed by atoms with Crippen LogP contribution in [0.25, 0.3) is 0 Å². The number of nitriles is 1. The second kappa shape index (κ2) is 8.50. The molecular formula is C19H20N4O2. The minimum atomic E-state index is -0.291. The van der Waals surface area contributed by atoms with Gasteiger partial charge in [0.25, 0.3) is 0 Å². The van der Waals surface area contributed by atoms with Crippen molar-refractivity contribution in [1.82, 2.24) is 5.32 Å². The summed E-state index contributed by atoms with van der Waals surface area (Å²) in [7, 11) is 0. The largest absolute Gasteiger partial charge is 0.376 e. The zero-order valence-electron chi connectivity index (χ0n) is 14.2. The van der Waals surface area contributed by atoms with Crippen molar-refractivity contribution in [3.63, 3.8) is 0 Å². The van der Waals surface area contributed by atoms with Crippen molar-refractivity contribution < 1.29 is 9.59 Å². The van der Waals surface area contributed by atoms with E-state index in [1.165, 1.54) is 0 Å². The summed E-state index contributed by atoms with van der Waals surface area (Å²) in [5, 5.41) is 17.1. The molecule has 0 saturated carbocycles. The predicted octanol–water partition coefficient (Wildman–Crippen LogP) is 2.34. The van der Waals surface area contributed by atoms with Gasteiger partial charge >= 0.3 is 0 Å². The van der Waals surface area contributed by atoms with Gasteiger partial charge in [0.2, 0.25) is 11.8 Å². The Hall–Kier alpha value is -3.33. The summed E-state index contributed by atoms with van der Waals surface area (Å²) in [5.41, 5.74) is 4.01. The Morgan fingerprint density at radius 1 is 0.960 bits per heavy atom. The Kier molecular flexibility index (Phi) is 6.13. The van der Waals surface area contributed by atoms with E-state index in [9.17, 15) is 9.59 Å². The number of anilines is 2. The second-order valence-corrected chi connectivity index (χ2v) is 5.63. The summed E-state index contributed by atoms with van der Waals surface area (Å²) in [6, 6.07) is 14.6. The van der Waals surface area contributed by atoms with Gasteiger partial charge < -0.3 is 16.0 Å². The number of carbonyl (C=O) groups is 2. The molecule has 2 aromatic rings. The number of aryl methyl sites for hydroxylation is 2. The highest BCUT2D eigenvalue weighted by Gasteiger charge is 2.09. The fourth-order valence-corrected chi connectivity index (χ4v) is 2.28. The first-order chi connectivity index (χ1) is 12.0. The molecule has 0 radical (unpaired) electrons. The molecule has 0 aliphatic heterocycles. The van der Waals surface area contributed by atoms with E-state index < -0.39 is 0 Å². The minimum Gasteiger partial charge on any atom is -0.376 e. The molecule has 0 spiro atoms. The Morgan fingerprint density at radius 3 is 2.20 bits per heavy atom. The van der Waals surface area contributed by atoms with Crippen LogP contribution in [0, 0.1) is 25.2 Å². The van der Waals surface area contributed by atoms with Gasteiger partial charge in [-0.05, 0) is 49.2 Å². The van der Waals surface area contributed by atoms with Crippen molar-refractivity contribution in [3.8, 4) is 6.07 Å². The number of rotatable bonds is 6. The van der Waals surface area contributed by atoms with E-state index >= 15 is 0 Å². The number of carbonyl (C=O) groups excluding carboxylic acids is 2. The maximum absolute atomic E-state index is 12.0. The van der Waals surface area contributed by atoms with Crippen LogP contribution < -0.4 is 16.0 Å². The maximum Gasteiger partial charge on any atom is 0.243 e. The fourth-order valence-electron chi connectivity index (χ4n) is 2.28. The van der Waals surface area contributed by atoms with Crippen LogP contribution in [0.5, 0.6) is 0 Å². The summed E-state index contributed by atoms with van der Waals surface area (Å²) >= 11 is 0. The number of hydrogen-bond acceptors (Lipinski definition) is 4. The summed E-state index contributed by atoms with van der Waals surface area (Å²) in [6.07, 6.45) is 0. The third-order valence-corrected chi connectivity index (χ3v) is 3.66. The van der Waals surface area contributed by atoms with Crippen LogP contribution >= 0.6 is 0 Å². The molecule has 0 bridgehead atoms. The van der Waals surface area contributed by atoms with Crippen molar-refractivity contribution in [3.05, 3.63) is 59.2 Å². The number of para-hydroxylation sites is 1. The van der Waals surface area contributed by atoms with Gasteiger partial charge in [0.15, 0.2) is 0 Å². The molecule has 2 aromatic carbocycles. The fraction of sp³-hybridized carbons (Fsp3) is 0.211. The van der Waals surface area contributed by atoms with Gasteiger partial charge in [-0.2, -0.15) is 5.26 Å². The molecule has 6 nitrogen and oxygen atoms in total. The van der Waals surface area contributed by atoms with Crippen LogP contribution in [-0.4, -0.2) is 24.9 Å². The van der Waals surface area contributed by atoms with Gasteiger partial charge in [0, 0.05) is 11.4 Å². The van der Waals surface area contributed by atoms with Gasteiger partial charge in [0.05, 0.1) is 24.7 Å². The molecule has 0 aromatic heterocycles. The molecule has 0 fully saturated rings. The van der Waals surface area contributed by atoms with E-state index in [0.717, 1.165) is 22.5 Å². The Balaban J connectivity index is 1.77. The molecule has 2 rings (SSSR count). The third-order valence-electron chi connectivity index (χ3n) is 3.66. The van der Waals surface area contributed by atoms with E-state index in [2.05, 4.69) is 16.0 Å². The molecule has 0 aliphatic rings. The number of nitrogens with zero attached hydrogens (tertiary/aromatic N) is 1. The first-order valence-corrected chi connectivity index (χ1v) is 7.86. The molecule has 0 aliphatic carbocycles. The lowest BCUT2D eigenvalue weighted by atomic mass is 10.1. The highest BCUT2D eigenvalue weighted by atomic mass is 16.2. The van der Waals surface area contributed by atoms with E-state index in [-0.39, 0.29) is 24.9 Å². The smallest absolute Gasteiger partial charge is 0.243 e. The number of nitrogens with one attached hydrogen (secondary N) is 3. The summed E-state index contributed by atoms with van der Waals surface area (Å²) < 4.78 is 0. The lowest BCUT2D eigenvalue weighted by Crippen LogP contribution is -2.36. The molecule has 0 atom stereocenters. The van der Waals surface area contributed by atoms with Crippen molar-refractivity contribution in [2.24, 2.45) is 0 Å². The van der Waals surface area contributed by atoms with Gasteiger partial charge in [-0.3, -0.25) is 9.59 Å². The quantitative estimate of drug-likeness (QED) is 0.755. The van der Waals surface area contributed by atoms with E-state index in [1.54, 1.807) is 24.3 Å². The average Bonchev–Trinajstić information content (AvgIpc) is 2.62. The molecule has 25 heavy (non-hydrogen) atoms. The average molecular weight is 336 g/mol. The van der Waals surface area contributed by atoms with Crippen LogP contribution in [0.2, 0.25) is 0 Å². The molecule has 0 saturated heterocycles. The standard InChI is InChI=1S/C19H20N4O2/c1-13-4-3-5-14(2)19(13)23-18(25)12-22-17(24)11-21-16-8-6-15(10-20)7-9-16/h3-9,21H,11-12H2,1-2H3,(H,22,24)(H,23,25). The summed E-state index contributed by atoms with van der Waals surface area (Å²) in [4.78, 5) is 23.8. The number of amides is 2. The Morgan fingerprint density at radius 2 is 1.60 bits per heavy atom. The lowest BCUT2D eigenvalue weighted by molar-refractivity contribution is -0.122. The van der Waals surface area contributed by atoms with Crippen LogP contribution in [0.15, 0.2) is 42.5 Å². The third kappa shape index (κ3) is 5.36. The Bertz CT molecular complexity index is 787. The van der Waals surface area contributed by atoms with Gasteiger partial charge in [-0.15, -0.1) is 0 Å². The summed E-state index contributed by atoms with van der Waals surface area (Å²) in [5.74, 6) is -0.565. The van der Waals surface area contributed by atoms with Crippen LogP contribution in [-0.2, 0) is 9.59 Å². The van der Waals surface area contributed by atoms with Crippen LogP contribution in [0.4, 0.5) is 11.4 Å². The molecule has 0 unspecified atom stereocenters. The van der Waals surface area contributed by atoms with E-state index in [4.69, 9.17) is 5.26 Å². The monoisotopic (exact) mass is 336 g/mol. The molecular weight excluding hydrogens is 316 g/mol. The van der Waals surface area contributed by atoms with E-state index in [0.29, 0.717) is 5.56 Å². The lowest BCUT2D eigenvalue weighted by Gasteiger charge is -2.12.